The van der Waals surface area contributed by atoms with Crippen molar-refractivity contribution in [3.63, 3.8) is 0 Å². The molecule has 0 fully saturated rings. The van der Waals surface area contributed by atoms with Gasteiger partial charge in [0.1, 0.15) is 0 Å². The molecule has 0 unspecified atom stereocenters. The summed E-state index contributed by atoms with van der Waals surface area (Å²) in [6.45, 7) is 0. The Balaban J connectivity index is 1.42. The maximum absolute atomic E-state index is 2.38. The van der Waals surface area contributed by atoms with Gasteiger partial charge < -0.3 is 0 Å². The van der Waals surface area contributed by atoms with E-state index in [0.29, 0.717) is 0 Å². The fraction of sp³-hybridized carbons (Fsp3) is 0. The van der Waals surface area contributed by atoms with E-state index in [1.54, 1.807) is 0 Å². The Morgan fingerprint density at radius 3 is 1.27 bits per heavy atom. The van der Waals surface area contributed by atoms with Crippen LogP contribution in [0.5, 0.6) is 0 Å². The van der Waals surface area contributed by atoms with E-state index in [-0.39, 0.29) is 0 Å². The lowest BCUT2D eigenvalue weighted by molar-refractivity contribution is 1.64. The second kappa shape index (κ2) is 9.93. The zero-order valence-corrected chi connectivity index (χ0v) is 24.2. The van der Waals surface area contributed by atoms with Crippen LogP contribution in [0.15, 0.2) is 170 Å². The van der Waals surface area contributed by atoms with E-state index in [1.165, 1.54) is 87.2 Å². The minimum absolute atomic E-state index is 1.25. The first-order valence-corrected chi connectivity index (χ1v) is 15.3. The van der Waals surface area contributed by atoms with E-state index in [0.717, 1.165) is 0 Å². The van der Waals surface area contributed by atoms with Gasteiger partial charge in [-0.15, -0.1) is 0 Å². The molecule has 0 atom stereocenters. The first-order valence-electron chi connectivity index (χ1n) is 15.3. The van der Waals surface area contributed by atoms with E-state index in [1.807, 2.05) is 0 Å². The van der Waals surface area contributed by atoms with E-state index in [4.69, 9.17) is 0 Å². The largest absolute Gasteiger partial charge is 0.0616 e. The fourth-order valence-electron chi connectivity index (χ4n) is 7.37. The van der Waals surface area contributed by atoms with Crippen molar-refractivity contribution in [1.29, 1.82) is 0 Å². The number of fused-ring (bicyclic) bond motifs is 6. The Hall–Kier alpha value is -5.72. The van der Waals surface area contributed by atoms with Crippen molar-refractivity contribution in [2.24, 2.45) is 0 Å². The lowest BCUT2D eigenvalue weighted by Crippen LogP contribution is -1.93. The molecule has 0 saturated carbocycles. The molecule has 9 rings (SSSR count). The third-order valence-corrected chi connectivity index (χ3v) is 9.25. The van der Waals surface area contributed by atoms with Crippen LogP contribution in [0.4, 0.5) is 0 Å². The Morgan fingerprint density at radius 2 is 0.614 bits per heavy atom. The summed E-state index contributed by atoms with van der Waals surface area (Å²) in [4.78, 5) is 0. The second-order valence-electron chi connectivity index (χ2n) is 11.6. The Labute approximate surface area is 256 Å². The first kappa shape index (κ1) is 24.8. The van der Waals surface area contributed by atoms with Gasteiger partial charge >= 0.3 is 0 Å². The van der Waals surface area contributed by atoms with Gasteiger partial charge in [-0.1, -0.05) is 164 Å². The standard InChI is InChI=1S/C44H28/c1-3-17-31-29(14-1)16-13-27-36(31)43-38-23-9-11-25-40(38)44(41-26-12-10-24-39(41)43)37-22-8-7-21-35(37)42-28-30-15-2-4-18-32(30)33-19-5-6-20-34(33)42/h1-28H. The summed E-state index contributed by atoms with van der Waals surface area (Å²) in [6, 6.07) is 62.3. The SMILES string of the molecule is c1ccc(-c2cc3ccccc3c3ccccc23)c(-c2c3ccccc3c(-c3cccc4ccccc34)c3ccccc23)c1. The molecule has 0 heteroatoms. The van der Waals surface area contributed by atoms with E-state index >= 15 is 0 Å². The van der Waals surface area contributed by atoms with Gasteiger partial charge in [0.15, 0.2) is 0 Å². The second-order valence-corrected chi connectivity index (χ2v) is 11.6. The van der Waals surface area contributed by atoms with Crippen LogP contribution >= 0.6 is 0 Å². The van der Waals surface area contributed by atoms with Crippen molar-refractivity contribution in [2.45, 2.75) is 0 Å². The predicted molar refractivity (Wildman–Crippen MR) is 190 cm³/mol. The summed E-state index contributed by atoms with van der Waals surface area (Å²) in [5.74, 6) is 0. The summed E-state index contributed by atoms with van der Waals surface area (Å²) in [7, 11) is 0. The molecule has 9 aromatic carbocycles. The molecule has 44 heavy (non-hydrogen) atoms. The van der Waals surface area contributed by atoms with Crippen LogP contribution in [0, 0.1) is 0 Å². The van der Waals surface area contributed by atoms with Crippen LogP contribution in [0.25, 0.3) is 87.2 Å². The van der Waals surface area contributed by atoms with E-state index in [9.17, 15) is 0 Å². The van der Waals surface area contributed by atoms with Crippen molar-refractivity contribution >= 4 is 53.9 Å². The highest BCUT2D eigenvalue weighted by molar-refractivity contribution is 6.25. The van der Waals surface area contributed by atoms with Crippen molar-refractivity contribution in [2.75, 3.05) is 0 Å². The Bertz CT molecular complexity index is 2490. The monoisotopic (exact) mass is 556 g/mol. The Kier molecular flexibility index (Phi) is 5.61. The molecule has 0 nitrogen and oxygen atoms in total. The molecular weight excluding hydrogens is 528 g/mol. The number of hydrogen-bond acceptors (Lipinski definition) is 0. The van der Waals surface area contributed by atoms with Gasteiger partial charge in [-0.3, -0.25) is 0 Å². The molecule has 0 radical (unpaired) electrons. The van der Waals surface area contributed by atoms with E-state index in [2.05, 4.69) is 170 Å². The van der Waals surface area contributed by atoms with Gasteiger partial charge in [-0.05, 0) is 93.3 Å². The smallest absolute Gasteiger partial charge is 0.00201 e. The molecule has 0 spiro atoms. The van der Waals surface area contributed by atoms with Crippen LogP contribution < -0.4 is 0 Å². The maximum atomic E-state index is 2.38. The van der Waals surface area contributed by atoms with Gasteiger partial charge in [0.05, 0.1) is 0 Å². The summed E-state index contributed by atoms with van der Waals surface area (Å²) in [5.41, 5.74) is 7.63. The van der Waals surface area contributed by atoms with Gasteiger partial charge in [-0.2, -0.15) is 0 Å². The molecule has 0 heterocycles. The number of hydrogen-bond donors (Lipinski definition) is 0. The fourth-order valence-corrected chi connectivity index (χ4v) is 7.37. The van der Waals surface area contributed by atoms with Gasteiger partial charge in [0.2, 0.25) is 0 Å². The van der Waals surface area contributed by atoms with Crippen molar-refractivity contribution in [1.82, 2.24) is 0 Å². The zero-order valence-electron chi connectivity index (χ0n) is 24.2. The molecule has 0 bridgehead atoms. The van der Waals surface area contributed by atoms with Gasteiger partial charge in [0, 0.05) is 0 Å². The molecular formula is C44H28. The van der Waals surface area contributed by atoms with Crippen LogP contribution in [0.2, 0.25) is 0 Å². The molecule has 0 aliphatic rings. The lowest BCUT2D eigenvalue weighted by Gasteiger charge is -2.21. The van der Waals surface area contributed by atoms with Crippen molar-refractivity contribution in [3.05, 3.63) is 170 Å². The zero-order chi connectivity index (χ0) is 29.0. The third kappa shape index (κ3) is 3.71. The molecule has 9 aromatic rings. The molecule has 0 aliphatic carbocycles. The quantitative estimate of drug-likeness (QED) is 0.150. The highest BCUT2D eigenvalue weighted by Gasteiger charge is 2.20. The molecule has 0 aliphatic heterocycles. The summed E-state index contributed by atoms with van der Waals surface area (Å²) >= 11 is 0. The van der Waals surface area contributed by atoms with E-state index < -0.39 is 0 Å². The molecule has 0 N–H and O–H groups in total. The normalized spacial score (nSPS) is 11.6. The average molecular weight is 557 g/mol. The highest BCUT2D eigenvalue weighted by Crippen LogP contribution is 2.48. The van der Waals surface area contributed by atoms with Crippen molar-refractivity contribution < 1.29 is 0 Å². The molecule has 204 valence electrons. The summed E-state index contributed by atoms with van der Waals surface area (Å²) in [5, 5.41) is 12.7. The summed E-state index contributed by atoms with van der Waals surface area (Å²) in [6.07, 6.45) is 0. The van der Waals surface area contributed by atoms with Crippen LogP contribution in [-0.2, 0) is 0 Å². The Morgan fingerprint density at radius 1 is 0.205 bits per heavy atom. The minimum atomic E-state index is 1.25. The lowest BCUT2D eigenvalue weighted by atomic mass is 9.82. The molecule has 0 aromatic heterocycles. The molecule has 0 amide bonds. The topological polar surface area (TPSA) is 0 Å². The van der Waals surface area contributed by atoms with Crippen LogP contribution in [0.1, 0.15) is 0 Å². The number of benzene rings is 9. The highest BCUT2D eigenvalue weighted by atomic mass is 14.2. The predicted octanol–water partition coefficient (Wildman–Crippen LogP) is 12.5. The average Bonchev–Trinajstić information content (AvgIpc) is 3.10. The van der Waals surface area contributed by atoms with Crippen LogP contribution in [0.3, 0.4) is 0 Å². The van der Waals surface area contributed by atoms with Crippen LogP contribution in [-0.4, -0.2) is 0 Å². The third-order valence-electron chi connectivity index (χ3n) is 9.25. The summed E-state index contributed by atoms with van der Waals surface area (Å²) < 4.78 is 0. The van der Waals surface area contributed by atoms with Gasteiger partial charge in [0.25, 0.3) is 0 Å². The van der Waals surface area contributed by atoms with Crippen molar-refractivity contribution in [3.8, 4) is 33.4 Å². The number of rotatable bonds is 3. The first-order chi connectivity index (χ1) is 21.9. The molecule has 0 saturated heterocycles. The minimum Gasteiger partial charge on any atom is -0.0616 e. The van der Waals surface area contributed by atoms with Gasteiger partial charge in [-0.25, -0.2) is 0 Å². The maximum Gasteiger partial charge on any atom is -0.00201 e.